The molecule has 172 valence electrons. The van der Waals surface area contributed by atoms with E-state index in [9.17, 15) is 18.5 Å². The van der Waals surface area contributed by atoms with Crippen LogP contribution in [0.4, 0.5) is 0 Å². The Bertz CT molecular complexity index is 1200. The van der Waals surface area contributed by atoms with E-state index in [-0.39, 0.29) is 4.90 Å². The van der Waals surface area contributed by atoms with Crippen molar-refractivity contribution in [3.63, 3.8) is 0 Å². The molecule has 1 amide bonds. The maximum Gasteiger partial charge on any atom is 0.264 e. The molecule has 1 heterocycles. The van der Waals surface area contributed by atoms with Gasteiger partial charge >= 0.3 is 0 Å². The number of rotatable bonds is 7. The topological polar surface area (TPSA) is 142 Å². The molecule has 0 spiro atoms. The Morgan fingerprint density at radius 1 is 1.15 bits per heavy atom. The second-order valence-corrected chi connectivity index (χ2v) is 9.48. The Hall–Kier alpha value is -3.42. The van der Waals surface area contributed by atoms with Crippen molar-refractivity contribution in [2.24, 2.45) is 5.11 Å². The maximum atomic E-state index is 12.1. The molecule has 2 aromatic carbocycles. The highest BCUT2D eigenvalue weighted by molar-refractivity contribution is 7.90. The average Bonchev–Trinajstić information content (AvgIpc) is 3.02. The van der Waals surface area contributed by atoms with E-state index in [0.29, 0.717) is 29.9 Å². The molecule has 0 saturated carbocycles. The zero-order valence-electron chi connectivity index (χ0n) is 18.3. The third-order valence-corrected chi connectivity index (χ3v) is 6.82. The van der Waals surface area contributed by atoms with E-state index >= 15 is 0 Å². The van der Waals surface area contributed by atoms with E-state index in [0.717, 1.165) is 45.1 Å². The summed E-state index contributed by atoms with van der Waals surface area (Å²) >= 11 is 0. The molecule has 1 aliphatic heterocycles. The Morgan fingerprint density at radius 2 is 1.85 bits per heavy atom. The monoisotopic (exact) mass is 467 g/mol. The number of azide groups is 1. The fourth-order valence-electron chi connectivity index (χ4n) is 3.80. The Labute approximate surface area is 193 Å². The second kappa shape index (κ2) is 10.9. The van der Waals surface area contributed by atoms with Crippen LogP contribution in [0.15, 0.2) is 52.5 Å². The molecule has 2 aromatic rings. The predicted molar refractivity (Wildman–Crippen MR) is 123 cm³/mol. The summed E-state index contributed by atoms with van der Waals surface area (Å²) in [5.41, 5.74) is 11.4. The van der Waals surface area contributed by atoms with Gasteiger partial charge in [0.05, 0.1) is 23.2 Å². The summed E-state index contributed by atoms with van der Waals surface area (Å²) < 4.78 is 26.2. The lowest BCUT2D eigenvalue weighted by atomic mass is 9.98. The number of nitrogens with zero attached hydrogens (tertiary/aromatic N) is 6. The molecule has 3 rings (SSSR count). The summed E-state index contributed by atoms with van der Waals surface area (Å²) in [7, 11) is -3.91. The largest absolute Gasteiger partial charge is 0.298 e. The first-order valence-electron chi connectivity index (χ1n) is 10.4. The summed E-state index contributed by atoms with van der Waals surface area (Å²) in [5, 5.41) is 13.3. The molecule has 0 unspecified atom stereocenters. The molecule has 0 aromatic heterocycles. The van der Waals surface area contributed by atoms with Gasteiger partial charge in [0.2, 0.25) is 5.91 Å². The van der Waals surface area contributed by atoms with Gasteiger partial charge in [-0.25, -0.2) is 13.1 Å². The van der Waals surface area contributed by atoms with E-state index in [4.69, 9.17) is 5.53 Å². The molecule has 0 bridgehead atoms. The first-order chi connectivity index (χ1) is 15.8. The first-order valence-corrected chi connectivity index (χ1v) is 11.9. The molecule has 10 nitrogen and oxygen atoms in total. The maximum absolute atomic E-state index is 12.1. The van der Waals surface area contributed by atoms with Crippen molar-refractivity contribution < 1.29 is 13.2 Å². The number of nitriles is 1. The van der Waals surface area contributed by atoms with Crippen LogP contribution in [0, 0.1) is 11.3 Å². The quantitative estimate of drug-likeness (QED) is 0.377. The number of benzene rings is 2. The van der Waals surface area contributed by atoms with E-state index in [1.807, 2.05) is 22.9 Å². The van der Waals surface area contributed by atoms with Crippen molar-refractivity contribution in [1.29, 1.82) is 5.26 Å². The van der Waals surface area contributed by atoms with Crippen molar-refractivity contribution in [3.8, 4) is 17.2 Å². The smallest absolute Gasteiger partial charge is 0.264 e. The summed E-state index contributed by atoms with van der Waals surface area (Å²) in [6, 6.07) is 14.0. The lowest BCUT2D eigenvalue weighted by Gasteiger charge is -2.21. The number of sulfonamides is 1. The van der Waals surface area contributed by atoms with Gasteiger partial charge in [0, 0.05) is 31.5 Å². The summed E-state index contributed by atoms with van der Waals surface area (Å²) in [5.74, 6) is -0.658. The van der Waals surface area contributed by atoms with Crippen molar-refractivity contribution in [3.05, 3.63) is 64.0 Å². The number of carbonyl (C=O) groups excluding carboxylic acids is 1. The van der Waals surface area contributed by atoms with Crippen LogP contribution in [0.5, 0.6) is 0 Å². The third kappa shape index (κ3) is 6.54. The van der Waals surface area contributed by atoms with Crippen molar-refractivity contribution in [1.82, 2.24) is 14.5 Å². The van der Waals surface area contributed by atoms with Crippen molar-refractivity contribution in [2.75, 3.05) is 32.8 Å². The minimum Gasteiger partial charge on any atom is -0.298 e. The van der Waals surface area contributed by atoms with Crippen LogP contribution in [-0.2, 0) is 21.4 Å². The zero-order chi connectivity index (χ0) is 23.8. The Balaban J connectivity index is 1.73. The van der Waals surface area contributed by atoms with E-state index in [1.165, 1.54) is 12.1 Å². The molecule has 0 radical (unpaired) electrons. The van der Waals surface area contributed by atoms with Gasteiger partial charge in [0.25, 0.3) is 10.0 Å². The molecule has 1 saturated heterocycles. The first kappa shape index (κ1) is 24.2. The number of amides is 1. The van der Waals surface area contributed by atoms with Gasteiger partial charge in [-0.15, -0.1) is 0 Å². The van der Waals surface area contributed by atoms with Crippen LogP contribution in [-0.4, -0.2) is 57.0 Å². The molecular formula is C22H25N7O3S. The average molecular weight is 468 g/mol. The minimum absolute atomic E-state index is 0.0211. The number of hydrogen-bond donors (Lipinski definition) is 1. The number of nitrogens with one attached hydrogen (secondary N) is 1. The summed E-state index contributed by atoms with van der Waals surface area (Å²) in [6.07, 6.45) is 0.970. The van der Waals surface area contributed by atoms with Crippen LogP contribution in [0.3, 0.4) is 0 Å². The lowest BCUT2D eigenvalue weighted by Crippen LogP contribution is -2.30. The van der Waals surface area contributed by atoms with Crippen LogP contribution in [0.25, 0.3) is 21.6 Å². The number of hydrogen-bond acceptors (Lipinski definition) is 7. The highest BCUT2D eigenvalue weighted by atomic mass is 32.2. The standard InChI is InChI=1S/C22H25N7O3S/c1-17(30)26-33(31,32)21-6-4-19(5-7-21)22-8-3-18(13-20(22)14-23)15-28-9-2-10-29(12-11-28)16-25-27-24/h3-8,13H,2,9-12,15-16H2,1H3,(H,26,30). The molecule has 0 aliphatic carbocycles. The van der Waals surface area contributed by atoms with E-state index < -0.39 is 15.9 Å². The molecule has 11 heteroatoms. The second-order valence-electron chi connectivity index (χ2n) is 7.80. The molecular weight excluding hydrogens is 442 g/mol. The number of carbonyl (C=O) groups is 1. The van der Waals surface area contributed by atoms with E-state index in [1.54, 1.807) is 12.1 Å². The van der Waals surface area contributed by atoms with Crippen LogP contribution in [0.2, 0.25) is 0 Å². The zero-order valence-corrected chi connectivity index (χ0v) is 19.1. The molecule has 33 heavy (non-hydrogen) atoms. The SMILES string of the molecule is CC(=O)NS(=O)(=O)c1ccc(-c2ccc(CN3CCCN(CN=[N+]=[N-])CC3)cc2C#N)cc1. The van der Waals surface area contributed by atoms with Crippen molar-refractivity contribution >= 4 is 15.9 Å². The molecule has 1 fully saturated rings. The van der Waals surface area contributed by atoms with Gasteiger partial charge in [0.15, 0.2) is 0 Å². The van der Waals surface area contributed by atoms with Gasteiger partial charge in [-0.1, -0.05) is 29.4 Å². The highest BCUT2D eigenvalue weighted by Crippen LogP contribution is 2.26. The molecule has 1 N–H and O–H groups in total. The van der Waals surface area contributed by atoms with Crippen LogP contribution in [0.1, 0.15) is 24.5 Å². The van der Waals surface area contributed by atoms with Gasteiger partial charge in [-0.05, 0) is 59.9 Å². The third-order valence-electron chi connectivity index (χ3n) is 5.37. The van der Waals surface area contributed by atoms with Crippen LogP contribution < -0.4 is 4.72 Å². The van der Waals surface area contributed by atoms with Crippen LogP contribution >= 0.6 is 0 Å². The van der Waals surface area contributed by atoms with Gasteiger partial charge < -0.3 is 0 Å². The fourth-order valence-corrected chi connectivity index (χ4v) is 4.79. The summed E-state index contributed by atoms with van der Waals surface area (Å²) in [4.78, 5) is 18.3. The normalized spacial score (nSPS) is 15.2. The van der Waals surface area contributed by atoms with E-state index in [2.05, 4.69) is 25.9 Å². The molecule has 0 atom stereocenters. The van der Waals surface area contributed by atoms with Crippen molar-refractivity contribution in [2.45, 2.75) is 24.8 Å². The van der Waals surface area contributed by atoms with Gasteiger partial charge in [0.1, 0.15) is 0 Å². The van der Waals surface area contributed by atoms with Gasteiger partial charge in [-0.3, -0.25) is 14.6 Å². The minimum atomic E-state index is -3.91. The Kier molecular flexibility index (Phi) is 8.03. The highest BCUT2D eigenvalue weighted by Gasteiger charge is 2.17. The van der Waals surface area contributed by atoms with Gasteiger partial charge in [-0.2, -0.15) is 5.26 Å². The fraction of sp³-hybridized carbons (Fsp3) is 0.364. The molecule has 1 aliphatic rings. The predicted octanol–water partition coefficient (Wildman–Crippen LogP) is 2.83. The Morgan fingerprint density at radius 3 is 2.52 bits per heavy atom. The lowest BCUT2D eigenvalue weighted by molar-refractivity contribution is -0.117. The summed E-state index contributed by atoms with van der Waals surface area (Å²) in [6.45, 7) is 5.68.